The highest BCUT2D eigenvalue weighted by Gasteiger charge is 2.42. The Morgan fingerprint density at radius 3 is 2.28 bits per heavy atom. The number of rotatable bonds is 6. The molecule has 39 heavy (non-hydrogen) atoms. The number of aromatic nitrogens is 3. The molecule has 0 unspecified atom stereocenters. The van der Waals surface area contributed by atoms with Gasteiger partial charge in [-0.25, -0.2) is 0 Å². The lowest BCUT2D eigenvalue weighted by Gasteiger charge is -2.31. The average Bonchev–Trinajstić information content (AvgIpc) is 3.33. The van der Waals surface area contributed by atoms with Crippen LogP contribution in [0.15, 0.2) is 17.2 Å². The monoisotopic (exact) mass is 596 g/mol. The van der Waals surface area contributed by atoms with Gasteiger partial charge in [0.2, 0.25) is 0 Å². The minimum Gasteiger partial charge on any atom is -0.483 e. The molecule has 220 valence electrons. The SMILES string of the molecule is CC.CC(C)(C)CN(CCc1c(Cl)c[nH]c(=O)c1Cl)C(=O)c1cnn(C2CCCCC2)c1C(F)(F)F.O=CO. The van der Waals surface area contributed by atoms with Gasteiger partial charge in [-0.15, -0.1) is 0 Å². The number of H-pyrrole nitrogens is 1. The molecule has 0 atom stereocenters. The lowest BCUT2D eigenvalue weighted by molar-refractivity contribution is -0.145. The molecule has 13 heteroatoms. The maximum atomic E-state index is 14.2. The highest BCUT2D eigenvalue weighted by molar-refractivity contribution is 6.35. The smallest absolute Gasteiger partial charge is 0.433 e. The Bertz CT molecular complexity index is 1140. The number of nitrogens with zero attached hydrogens (tertiary/aromatic N) is 3. The van der Waals surface area contributed by atoms with E-state index in [2.05, 4.69) is 10.1 Å². The standard InChI is InChI=1S/C23H29Cl2F3N4O2.C2H6.CH2O2/c1-22(2,3)13-31(10-9-15-17(24)12-29-20(33)18(15)25)21(34)16-11-30-32(19(16)23(26,27)28)14-7-5-4-6-8-14;1-2;2-1-3/h11-12,14H,4-10,13H2,1-3H3,(H,29,33);1-2H3;1H,(H,2,3). The van der Waals surface area contributed by atoms with Crippen LogP contribution < -0.4 is 5.56 Å². The van der Waals surface area contributed by atoms with E-state index < -0.39 is 34.3 Å². The van der Waals surface area contributed by atoms with Crippen LogP contribution in [0.5, 0.6) is 0 Å². The summed E-state index contributed by atoms with van der Waals surface area (Å²) in [5.74, 6) is -0.763. The zero-order valence-corrected chi connectivity index (χ0v) is 24.4. The van der Waals surface area contributed by atoms with Crippen LogP contribution >= 0.6 is 23.2 Å². The van der Waals surface area contributed by atoms with Gasteiger partial charge in [0, 0.05) is 19.3 Å². The van der Waals surface area contributed by atoms with Crippen LogP contribution in [0.2, 0.25) is 10.0 Å². The number of alkyl halides is 3. The number of carboxylic acid groups (broad SMARTS) is 1. The van der Waals surface area contributed by atoms with Gasteiger partial charge < -0.3 is 15.0 Å². The molecule has 1 aliphatic rings. The molecule has 0 radical (unpaired) electrons. The lowest BCUT2D eigenvalue weighted by Crippen LogP contribution is -2.40. The highest BCUT2D eigenvalue weighted by Crippen LogP contribution is 2.38. The average molecular weight is 598 g/mol. The van der Waals surface area contributed by atoms with Gasteiger partial charge in [0.05, 0.1) is 22.8 Å². The number of aromatic amines is 1. The van der Waals surface area contributed by atoms with Gasteiger partial charge in [-0.3, -0.25) is 19.1 Å². The van der Waals surface area contributed by atoms with Crippen LogP contribution in [0.25, 0.3) is 0 Å². The summed E-state index contributed by atoms with van der Waals surface area (Å²) in [6.45, 7) is 9.63. The Labute approximate surface area is 236 Å². The Hall–Kier alpha value is -2.53. The maximum absolute atomic E-state index is 14.2. The van der Waals surface area contributed by atoms with E-state index in [1.165, 1.54) is 11.1 Å². The van der Waals surface area contributed by atoms with Crippen molar-refractivity contribution < 1.29 is 27.9 Å². The first-order valence-corrected chi connectivity index (χ1v) is 13.5. The van der Waals surface area contributed by atoms with Crippen molar-refractivity contribution in [2.45, 2.75) is 85.4 Å². The molecule has 0 aromatic carbocycles. The van der Waals surface area contributed by atoms with E-state index in [1.54, 1.807) is 0 Å². The van der Waals surface area contributed by atoms with Gasteiger partial charge in [-0.1, -0.05) is 77.1 Å². The van der Waals surface area contributed by atoms with Crippen LogP contribution in [0, 0.1) is 5.41 Å². The topological polar surface area (TPSA) is 108 Å². The number of amides is 1. The minimum atomic E-state index is -4.73. The van der Waals surface area contributed by atoms with Gasteiger partial charge in [-0.05, 0) is 30.2 Å². The van der Waals surface area contributed by atoms with E-state index in [0.29, 0.717) is 18.4 Å². The molecule has 1 saturated carbocycles. The Kier molecular flexibility index (Phi) is 13.5. The van der Waals surface area contributed by atoms with E-state index in [9.17, 15) is 22.8 Å². The fraction of sp³-hybridized carbons (Fsp3) is 0.615. The molecule has 2 N–H and O–H groups in total. The number of halogens is 5. The van der Waals surface area contributed by atoms with Gasteiger partial charge >= 0.3 is 6.18 Å². The fourth-order valence-electron chi connectivity index (χ4n) is 4.40. The van der Waals surface area contributed by atoms with Gasteiger partial charge in [0.1, 0.15) is 5.02 Å². The Morgan fingerprint density at radius 2 is 1.77 bits per heavy atom. The molecule has 1 aliphatic carbocycles. The van der Waals surface area contributed by atoms with E-state index in [-0.39, 0.29) is 42.1 Å². The van der Waals surface area contributed by atoms with Gasteiger partial charge in [0.15, 0.2) is 5.69 Å². The fourth-order valence-corrected chi connectivity index (χ4v) is 4.94. The minimum absolute atomic E-state index is 0.0326. The Balaban J connectivity index is 0.00000142. The first-order valence-electron chi connectivity index (χ1n) is 12.8. The summed E-state index contributed by atoms with van der Waals surface area (Å²) in [6, 6.07) is -0.378. The summed E-state index contributed by atoms with van der Waals surface area (Å²) in [5.41, 5.74) is -2.05. The second kappa shape index (κ2) is 15.3. The van der Waals surface area contributed by atoms with Crippen molar-refractivity contribution in [3.63, 3.8) is 0 Å². The molecular formula is C26H37Cl2F3N4O4. The molecule has 1 amide bonds. The predicted molar refractivity (Wildman–Crippen MR) is 146 cm³/mol. The number of nitrogens with one attached hydrogen (secondary N) is 1. The molecule has 0 aliphatic heterocycles. The molecular weight excluding hydrogens is 560 g/mol. The summed E-state index contributed by atoms with van der Waals surface area (Å²) >= 11 is 12.3. The molecule has 0 saturated heterocycles. The molecule has 2 aromatic heterocycles. The third-order valence-electron chi connectivity index (χ3n) is 5.88. The summed E-state index contributed by atoms with van der Waals surface area (Å²) in [7, 11) is 0. The van der Waals surface area contributed by atoms with Crippen LogP contribution in [0.4, 0.5) is 13.2 Å². The lowest BCUT2D eigenvalue weighted by atomic mass is 9.95. The van der Waals surface area contributed by atoms with Gasteiger partial charge in [-0.2, -0.15) is 18.3 Å². The highest BCUT2D eigenvalue weighted by atomic mass is 35.5. The van der Waals surface area contributed by atoms with Crippen molar-refractivity contribution >= 4 is 35.6 Å². The molecule has 2 aromatic rings. The van der Waals surface area contributed by atoms with Crippen LogP contribution in [-0.4, -0.2) is 50.2 Å². The first kappa shape index (κ1) is 34.5. The third kappa shape index (κ3) is 9.86. The maximum Gasteiger partial charge on any atom is 0.433 e. The normalized spacial score (nSPS) is 14.0. The zero-order chi connectivity index (χ0) is 30.0. The summed E-state index contributed by atoms with van der Waals surface area (Å²) in [5, 5.41) is 11.0. The van der Waals surface area contributed by atoms with Crippen LogP contribution in [-0.2, 0) is 17.4 Å². The van der Waals surface area contributed by atoms with E-state index in [1.807, 2.05) is 34.6 Å². The molecule has 3 rings (SSSR count). The summed E-state index contributed by atoms with van der Waals surface area (Å²) < 4.78 is 43.5. The number of hydrogen-bond donors (Lipinski definition) is 2. The largest absolute Gasteiger partial charge is 0.483 e. The van der Waals surface area contributed by atoms with E-state index in [0.717, 1.165) is 30.1 Å². The van der Waals surface area contributed by atoms with Gasteiger partial charge in [0.25, 0.3) is 17.9 Å². The van der Waals surface area contributed by atoms with Crippen LogP contribution in [0.1, 0.15) is 94.4 Å². The van der Waals surface area contributed by atoms with Crippen molar-refractivity contribution in [2.75, 3.05) is 13.1 Å². The molecule has 8 nitrogen and oxygen atoms in total. The molecule has 2 heterocycles. The van der Waals surface area contributed by atoms with Crippen molar-refractivity contribution in [1.29, 1.82) is 0 Å². The quantitative estimate of drug-likeness (QED) is 0.354. The second-order valence-electron chi connectivity index (χ2n) is 10.0. The van der Waals surface area contributed by atoms with Crippen molar-refractivity contribution in [1.82, 2.24) is 19.7 Å². The number of carbonyl (C=O) groups is 2. The van der Waals surface area contributed by atoms with Crippen molar-refractivity contribution in [2.24, 2.45) is 5.41 Å². The summed E-state index contributed by atoms with van der Waals surface area (Å²) in [4.78, 5) is 37.5. The number of hydrogen-bond acceptors (Lipinski definition) is 4. The number of pyridine rings is 1. The zero-order valence-electron chi connectivity index (χ0n) is 22.9. The third-order valence-corrected chi connectivity index (χ3v) is 6.62. The molecule has 1 fully saturated rings. The van der Waals surface area contributed by atoms with Crippen molar-refractivity contribution in [3.8, 4) is 0 Å². The predicted octanol–water partition coefficient (Wildman–Crippen LogP) is 6.86. The number of carbonyl (C=O) groups excluding carboxylic acids is 1. The Morgan fingerprint density at radius 1 is 1.21 bits per heavy atom. The van der Waals surface area contributed by atoms with Crippen LogP contribution in [0.3, 0.4) is 0 Å². The van der Waals surface area contributed by atoms with E-state index in [4.69, 9.17) is 33.1 Å². The first-order chi connectivity index (χ1) is 18.2. The second-order valence-corrected chi connectivity index (χ2v) is 10.8. The molecule has 0 spiro atoms. The van der Waals surface area contributed by atoms with E-state index >= 15 is 0 Å². The molecule has 0 bridgehead atoms. The van der Waals surface area contributed by atoms with Crippen molar-refractivity contribution in [3.05, 3.63) is 49.6 Å². The summed E-state index contributed by atoms with van der Waals surface area (Å²) in [6.07, 6.45) is 1.57.